The van der Waals surface area contributed by atoms with Gasteiger partial charge in [-0.15, -0.1) is 0 Å². The zero-order valence-corrected chi connectivity index (χ0v) is 9.68. The van der Waals surface area contributed by atoms with Crippen LogP contribution in [0.15, 0.2) is 6.07 Å². The molecule has 0 saturated heterocycles. The van der Waals surface area contributed by atoms with Crippen LogP contribution in [0.4, 0.5) is 0 Å². The van der Waals surface area contributed by atoms with Crippen molar-refractivity contribution >= 4 is 11.9 Å². The molecule has 0 spiro atoms. The Labute approximate surface area is 102 Å². The van der Waals surface area contributed by atoms with Crippen LogP contribution in [0.1, 0.15) is 6.42 Å². The number of hydrogen-bond donors (Lipinski definition) is 1. The second kappa shape index (κ2) is 4.44. The van der Waals surface area contributed by atoms with Gasteiger partial charge in [0, 0.05) is 6.07 Å². The van der Waals surface area contributed by atoms with Crippen LogP contribution >= 0.6 is 0 Å². The molecular weight excluding hydrogens is 244 g/mol. The molecule has 1 heterocycles. The minimum absolute atomic E-state index is 0.0383. The quantitative estimate of drug-likeness (QED) is 0.470. The highest BCUT2D eigenvalue weighted by Crippen LogP contribution is 2.50. The fraction of sp³-hybridized carbons (Fsp3) is 0.273. The summed E-state index contributed by atoms with van der Waals surface area (Å²) >= 11 is 0. The van der Waals surface area contributed by atoms with E-state index in [-0.39, 0.29) is 28.7 Å². The molecule has 0 atom stereocenters. The summed E-state index contributed by atoms with van der Waals surface area (Å²) < 4.78 is 19.6. The minimum Gasteiger partial charge on any atom is -0.502 e. The Hall–Kier alpha value is -2.44. The lowest BCUT2D eigenvalue weighted by molar-refractivity contribution is -0.142. The SMILES string of the molecule is COc1cc2c(c(OC)c1O)OC(=O)CC(=O)O2. The number of esters is 2. The summed E-state index contributed by atoms with van der Waals surface area (Å²) in [5.41, 5.74) is 0. The average Bonchev–Trinajstić information content (AvgIpc) is 2.45. The van der Waals surface area contributed by atoms with Crippen molar-refractivity contribution in [3.8, 4) is 28.7 Å². The molecule has 0 bridgehead atoms. The summed E-state index contributed by atoms with van der Waals surface area (Å²) in [6.07, 6.45) is -0.513. The first-order valence-corrected chi connectivity index (χ1v) is 4.96. The summed E-state index contributed by atoms with van der Waals surface area (Å²) in [7, 11) is 2.60. The summed E-state index contributed by atoms with van der Waals surface area (Å²) in [4.78, 5) is 22.6. The summed E-state index contributed by atoms with van der Waals surface area (Å²) in [5.74, 6) is -2.17. The van der Waals surface area contributed by atoms with E-state index < -0.39 is 18.4 Å². The first-order chi connectivity index (χ1) is 8.56. The smallest absolute Gasteiger partial charge is 0.322 e. The van der Waals surface area contributed by atoms with Gasteiger partial charge in [0.2, 0.25) is 17.2 Å². The molecule has 1 aliphatic rings. The first kappa shape index (κ1) is 12.0. The molecule has 96 valence electrons. The number of benzene rings is 1. The van der Waals surface area contributed by atoms with Gasteiger partial charge >= 0.3 is 11.9 Å². The van der Waals surface area contributed by atoms with E-state index in [1.54, 1.807) is 0 Å². The molecule has 18 heavy (non-hydrogen) atoms. The lowest BCUT2D eigenvalue weighted by Crippen LogP contribution is -2.13. The van der Waals surface area contributed by atoms with Crippen molar-refractivity contribution in [2.24, 2.45) is 0 Å². The van der Waals surface area contributed by atoms with E-state index in [2.05, 4.69) is 0 Å². The summed E-state index contributed by atoms with van der Waals surface area (Å²) in [6.45, 7) is 0. The van der Waals surface area contributed by atoms with Gasteiger partial charge < -0.3 is 24.1 Å². The number of fused-ring (bicyclic) bond motifs is 1. The zero-order chi connectivity index (χ0) is 13.3. The van der Waals surface area contributed by atoms with Gasteiger partial charge in [-0.25, -0.2) is 0 Å². The van der Waals surface area contributed by atoms with Gasteiger partial charge in [0.15, 0.2) is 11.5 Å². The van der Waals surface area contributed by atoms with Gasteiger partial charge in [-0.3, -0.25) is 9.59 Å². The van der Waals surface area contributed by atoms with Gasteiger partial charge in [0.1, 0.15) is 6.42 Å². The Balaban J connectivity index is 2.64. The highest BCUT2D eigenvalue weighted by atomic mass is 16.6. The van der Waals surface area contributed by atoms with Gasteiger partial charge in [-0.05, 0) is 0 Å². The van der Waals surface area contributed by atoms with Crippen molar-refractivity contribution in [2.45, 2.75) is 6.42 Å². The molecule has 1 aromatic rings. The van der Waals surface area contributed by atoms with Crippen LogP contribution < -0.4 is 18.9 Å². The van der Waals surface area contributed by atoms with E-state index in [4.69, 9.17) is 18.9 Å². The number of rotatable bonds is 2. The van der Waals surface area contributed by atoms with Crippen molar-refractivity contribution in [3.05, 3.63) is 6.07 Å². The van der Waals surface area contributed by atoms with Crippen LogP contribution in [0, 0.1) is 0 Å². The Morgan fingerprint density at radius 3 is 2.44 bits per heavy atom. The largest absolute Gasteiger partial charge is 0.502 e. The molecule has 0 fully saturated rings. The molecule has 0 radical (unpaired) electrons. The van der Waals surface area contributed by atoms with E-state index in [1.807, 2.05) is 0 Å². The highest BCUT2D eigenvalue weighted by molar-refractivity contribution is 5.96. The third kappa shape index (κ3) is 1.90. The number of phenolic OH excluding ortho intramolecular Hbond substituents is 1. The van der Waals surface area contributed by atoms with Crippen LogP contribution in [-0.4, -0.2) is 31.3 Å². The molecule has 0 saturated carbocycles. The number of ether oxygens (including phenoxy) is 4. The zero-order valence-electron chi connectivity index (χ0n) is 9.68. The molecule has 1 N–H and O–H groups in total. The Bertz CT molecular complexity index is 521. The predicted molar refractivity (Wildman–Crippen MR) is 57.1 cm³/mol. The maximum Gasteiger partial charge on any atom is 0.322 e. The van der Waals surface area contributed by atoms with Crippen LogP contribution in [0.2, 0.25) is 0 Å². The average molecular weight is 254 g/mol. The molecule has 7 nitrogen and oxygen atoms in total. The second-order valence-electron chi connectivity index (χ2n) is 3.41. The summed E-state index contributed by atoms with van der Waals surface area (Å²) in [6, 6.07) is 1.24. The third-order valence-corrected chi connectivity index (χ3v) is 2.29. The van der Waals surface area contributed by atoms with Gasteiger partial charge in [0.05, 0.1) is 14.2 Å². The van der Waals surface area contributed by atoms with Crippen LogP contribution in [0.25, 0.3) is 0 Å². The van der Waals surface area contributed by atoms with Crippen molar-refractivity contribution in [1.82, 2.24) is 0 Å². The lowest BCUT2D eigenvalue weighted by Gasteiger charge is -2.14. The molecule has 2 rings (SSSR count). The van der Waals surface area contributed by atoms with Gasteiger partial charge in [0.25, 0.3) is 0 Å². The Kier molecular flexibility index (Phi) is 2.97. The Morgan fingerprint density at radius 2 is 1.83 bits per heavy atom. The molecule has 7 heteroatoms. The molecular formula is C11H10O7. The number of methoxy groups -OCH3 is 2. The van der Waals surface area contributed by atoms with Crippen molar-refractivity contribution in [1.29, 1.82) is 0 Å². The normalized spacial score (nSPS) is 14.1. The summed E-state index contributed by atoms with van der Waals surface area (Å²) in [5, 5.41) is 9.81. The number of hydrogen-bond acceptors (Lipinski definition) is 7. The topological polar surface area (TPSA) is 91.3 Å². The fourth-order valence-electron chi connectivity index (χ4n) is 1.53. The van der Waals surface area contributed by atoms with Crippen LogP contribution in [0.5, 0.6) is 28.7 Å². The monoisotopic (exact) mass is 254 g/mol. The van der Waals surface area contributed by atoms with E-state index in [1.165, 1.54) is 20.3 Å². The minimum atomic E-state index is -0.790. The fourth-order valence-corrected chi connectivity index (χ4v) is 1.53. The molecule has 1 aliphatic heterocycles. The van der Waals surface area contributed by atoms with Crippen LogP contribution in [-0.2, 0) is 9.59 Å². The molecule has 0 aliphatic carbocycles. The van der Waals surface area contributed by atoms with Crippen molar-refractivity contribution in [2.75, 3.05) is 14.2 Å². The van der Waals surface area contributed by atoms with Gasteiger partial charge in [-0.2, -0.15) is 0 Å². The van der Waals surface area contributed by atoms with E-state index >= 15 is 0 Å². The molecule has 0 aromatic heterocycles. The molecule has 0 unspecified atom stereocenters. The standard InChI is InChI=1S/C11H10O7/c1-15-5-3-6-10(11(16-2)9(5)14)18-8(13)4-7(12)17-6/h3,14H,4H2,1-2H3. The van der Waals surface area contributed by atoms with E-state index in [0.29, 0.717) is 0 Å². The van der Waals surface area contributed by atoms with Crippen molar-refractivity contribution in [3.63, 3.8) is 0 Å². The maximum absolute atomic E-state index is 11.3. The number of phenols is 1. The lowest BCUT2D eigenvalue weighted by atomic mass is 10.2. The van der Waals surface area contributed by atoms with E-state index in [9.17, 15) is 14.7 Å². The number of carbonyl (C=O) groups excluding carboxylic acids is 2. The number of aromatic hydroxyl groups is 1. The predicted octanol–water partition coefficient (Wildman–Crippen LogP) is 0.624. The van der Waals surface area contributed by atoms with Crippen LogP contribution in [0.3, 0.4) is 0 Å². The maximum atomic E-state index is 11.3. The third-order valence-electron chi connectivity index (χ3n) is 2.29. The van der Waals surface area contributed by atoms with Gasteiger partial charge in [-0.1, -0.05) is 0 Å². The van der Waals surface area contributed by atoms with E-state index in [0.717, 1.165) is 0 Å². The Morgan fingerprint density at radius 1 is 1.17 bits per heavy atom. The second-order valence-corrected chi connectivity index (χ2v) is 3.41. The number of carbonyl (C=O) groups is 2. The first-order valence-electron chi connectivity index (χ1n) is 4.96. The highest BCUT2D eigenvalue weighted by Gasteiger charge is 2.29. The van der Waals surface area contributed by atoms with Crippen molar-refractivity contribution < 1.29 is 33.6 Å². The molecule has 1 aromatic carbocycles. The molecule has 0 amide bonds.